The minimum Gasteiger partial charge on any atom is -0.396 e. The molecule has 0 heterocycles. The van der Waals surface area contributed by atoms with Crippen molar-refractivity contribution in [2.24, 2.45) is 5.92 Å². The Labute approximate surface area is 74.0 Å². The second-order valence-electron chi connectivity index (χ2n) is 3.54. The first-order valence-electron chi connectivity index (χ1n) is 4.81. The Bertz CT molecular complexity index is 115. The Kier molecular flexibility index (Phi) is 4.58. The molecule has 0 spiro atoms. The van der Waals surface area contributed by atoms with Crippen LogP contribution in [0.25, 0.3) is 0 Å². The van der Waals surface area contributed by atoms with E-state index in [1.165, 1.54) is 12.8 Å². The summed E-state index contributed by atoms with van der Waals surface area (Å²) in [5.41, 5.74) is 0. The lowest BCUT2D eigenvalue weighted by Crippen LogP contribution is -2.30. The van der Waals surface area contributed by atoms with Crippen molar-refractivity contribution in [3.05, 3.63) is 0 Å². The van der Waals surface area contributed by atoms with Gasteiger partial charge in [-0.05, 0) is 25.2 Å². The van der Waals surface area contributed by atoms with Gasteiger partial charge in [0.2, 0.25) is 0 Å². The normalized spacial score (nSPS) is 17.2. The van der Waals surface area contributed by atoms with Gasteiger partial charge in [-0.1, -0.05) is 0 Å². The number of aliphatic hydroxyl groups excluding tert-OH is 2. The Morgan fingerprint density at radius 3 is 2.33 bits per heavy atom. The Balaban J connectivity index is 2.07. The highest BCUT2D eigenvalue weighted by Gasteiger charge is 2.23. The molecular formula is C9H19NO2. The average Bonchev–Trinajstić information content (AvgIpc) is 2.84. The topological polar surface area (TPSA) is 43.7 Å². The van der Waals surface area contributed by atoms with Gasteiger partial charge in [-0.25, -0.2) is 0 Å². The smallest absolute Gasteiger partial charge is 0.0558 e. The van der Waals surface area contributed by atoms with Crippen LogP contribution in [-0.2, 0) is 0 Å². The fourth-order valence-corrected chi connectivity index (χ4v) is 1.40. The molecule has 12 heavy (non-hydrogen) atoms. The van der Waals surface area contributed by atoms with Crippen LogP contribution in [0.4, 0.5) is 0 Å². The van der Waals surface area contributed by atoms with Gasteiger partial charge in [0.05, 0.1) is 6.61 Å². The molecule has 0 atom stereocenters. The van der Waals surface area contributed by atoms with E-state index in [1.54, 1.807) is 0 Å². The molecule has 1 aliphatic rings. The molecule has 0 bridgehead atoms. The highest BCUT2D eigenvalue weighted by atomic mass is 16.3. The standard InChI is InChI=1S/C9H19NO2/c11-6-1-4-10(5-7-12)8-9-2-3-9/h9,11-12H,1-8H2. The molecule has 1 aliphatic carbocycles. The van der Waals surface area contributed by atoms with Crippen molar-refractivity contribution in [1.29, 1.82) is 0 Å². The number of hydrogen-bond donors (Lipinski definition) is 2. The van der Waals surface area contributed by atoms with Crippen molar-refractivity contribution in [3.8, 4) is 0 Å². The fraction of sp³-hybridized carbons (Fsp3) is 1.00. The molecule has 3 nitrogen and oxygen atoms in total. The lowest BCUT2D eigenvalue weighted by molar-refractivity contribution is 0.175. The first-order valence-corrected chi connectivity index (χ1v) is 4.81. The van der Waals surface area contributed by atoms with Crippen LogP contribution in [0, 0.1) is 5.92 Å². The molecule has 72 valence electrons. The Morgan fingerprint density at radius 1 is 1.08 bits per heavy atom. The third kappa shape index (κ3) is 4.04. The van der Waals surface area contributed by atoms with Gasteiger partial charge in [0.25, 0.3) is 0 Å². The van der Waals surface area contributed by atoms with E-state index in [9.17, 15) is 0 Å². The molecule has 0 unspecified atom stereocenters. The van der Waals surface area contributed by atoms with Crippen LogP contribution in [0.5, 0.6) is 0 Å². The monoisotopic (exact) mass is 173 g/mol. The fourth-order valence-electron chi connectivity index (χ4n) is 1.40. The molecule has 2 N–H and O–H groups in total. The van der Waals surface area contributed by atoms with Crippen LogP contribution in [0.3, 0.4) is 0 Å². The van der Waals surface area contributed by atoms with Gasteiger partial charge in [0, 0.05) is 26.2 Å². The van der Waals surface area contributed by atoms with Crippen molar-refractivity contribution >= 4 is 0 Å². The van der Waals surface area contributed by atoms with Crippen LogP contribution >= 0.6 is 0 Å². The lowest BCUT2D eigenvalue weighted by Gasteiger charge is -2.20. The summed E-state index contributed by atoms with van der Waals surface area (Å²) >= 11 is 0. The molecule has 0 aromatic rings. The second kappa shape index (κ2) is 5.51. The summed E-state index contributed by atoms with van der Waals surface area (Å²) in [5, 5.41) is 17.4. The van der Waals surface area contributed by atoms with E-state index in [4.69, 9.17) is 10.2 Å². The van der Waals surface area contributed by atoms with Gasteiger partial charge in [-0.15, -0.1) is 0 Å². The predicted octanol–water partition coefficient (Wildman–Crippen LogP) is 0.0731. The predicted molar refractivity (Wildman–Crippen MR) is 48.0 cm³/mol. The maximum atomic E-state index is 8.77. The van der Waals surface area contributed by atoms with Crippen LogP contribution in [0.15, 0.2) is 0 Å². The molecule has 0 saturated heterocycles. The Morgan fingerprint density at radius 2 is 1.83 bits per heavy atom. The summed E-state index contributed by atoms with van der Waals surface area (Å²) in [6, 6.07) is 0. The van der Waals surface area contributed by atoms with Gasteiger partial charge >= 0.3 is 0 Å². The maximum absolute atomic E-state index is 8.77. The maximum Gasteiger partial charge on any atom is 0.0558 e. The summed E-state index contributed by atoms with van der Waals surface area (Å²) in [7, 11) is 0. The number of rotatable bonds is 7. The molecule has 3 heteroatoms. The van der Waals surface area contributed by atoms with E-state index in [-0.39, 0.29) is 13.2 Å². The molecule has 0 aliphatic heterocycles. The van der Waals surface area contributed by atoms with Gasteiger partial charge in [-0.2, -0.15) is 0 Å². The first-order chi connectivity index (χ1) is 5.86. The highest BCUT2D eigenvalue weighted by molar-refractivity contribution is 4.77. The summed E-state index contributed by atoms with van der Waals surface area (Å²) in [6.07, 6.45) is 3.52. The van der Waals surface area contributed by atoms with Crippen LogP contribution < -0.4 is 0 Å². The van der Waals surface area contributed by atoms with E-state index in [2.05, 4.69) is 4.90 Å². The summed E-state index contributed by atoms with van der Waals surface area (Å²) in [4.78, 5) is 2.24. The summed E-state index contributed by atoms with van der Waals surface area (Å²) < 4.78 is 0. The molecule has 1 fully saturated rings. The quantitative estimate of drug-likeness (QED) is 0.573. The summed E-state index contributed by atoms with van der Waals surface area (Å²) in [5.74, 6) is 0.871. The van der Waals surface area contributed by atoms with Gasteiger partial charge < -0.3 is 15.1 Å². The molecule has 0 radical (unpaired) electrons. The van der Waals surface area contributed by atoms with Gasteiger partial charge in [-0.3, -0.25) is 0 Å². The van der Waals surface area contributed by atoms with Gasteiger partial charge in [0.15, 0.2) is 0 Å². The van der Waals surface area contributed by atoms with Crippen LogP contribution in [-0.4, -0.2) is 48.0 Å². The van der Waals surface area contributed by atoms with E-state index >= 15 is 0 Å². The molecular weight excluding hydrogens is 154 g/mol. The van der Waals surface area contributed by atoms with Crippen LogP contribution in [0.2, 0.25) is 0 Å². The van der Waals surface area contributed by atoms with Crippen molar-refractivity contribution in [1.82, 2.24) is 4.90 Å². The largest absolute Gasteiger partial charge is 0.396 e. The number of hydrogen-bond acceptors (Lipinski definition) is 3. The molecule has 0 amide bonds. The average molecular weight is 173 g/mol. The molecule has 1 saturated carbocycles. The number of aliphatic hydroxyl groups is 2. The SMILES string of the molecule is OCCCN(CCO)CC1CC1. The van der Waals surface area contributed by atoms with Crippen molar-refractivity contribution in [2.45, 2.75) is 19.3 Å². The van der Waals surface area contributed by atoms with E-state index in [0.717, 1.165) is 32.0 Å². The Hall–Kier alpha value is -0.120. The molecule has 0 aromatic carbocycles. The zero-order chi connectivity index (χ0) is 8.81. The third-order valence-corrected chi connectivity index (χ3v) is 2.26. The van der Waals surface area contributed by atoms with Crippen molar-refractivity contribution in [2.75, 3.05) is 32.8 Å². The van der Waals surface area contributed by atoms with E-state index in [1.807, 2.05) is 0 Å². The third-order valence-electron chi connectivity index (χ3n) is 2.26. The number of nitrogens with zero attached hydrogens (tertiary/aromatic N) is 1. The second-order valence-corrected chi connectivity index (χ2v) is 3.54. The first kappa shape index (κ1) is 9.96. The van der Waals surface area contributed by atoms with Crippen LogP contribution in [0.1, 0.15) is 19.3 Å². The molecule has 0 aromatic heterocycles. The zero-order valence-corrected chi connectivity index (χ0v) is 7.58. The highest BCUT2D eigenvalue weighted by Crippen LogP contribution is 2.29. The minimum absolute atomic E-state index is 0.234. The van der Waals surface area contributed by atoms with E-state index < -0.39 is 0 Å². The lowest BCUT2D eigenvalue weighted by atomic mass is 10.3. The summed E-state index contributed by atoms with van der Waals surface area (Å²) in [6.45, 7) is 3.29. The van der Waals surface area contributed by atoms with Crippen molar-refractivity contribution < 1.29 is 10.2 Å². The zero-order valence-electron chi connectivity index (χ0n) is 7.58. The van der Waals surface area contributed by atoms with E-state index in [0.29, 0.717) is 0 Å². The molecule has 1 rings (SSSR count). The van der Waals surface area contributed by atoms with Gasteiger partial charge in [0.1, 0.15) is 0 Å². The van der Waals surface area contributed by atoms with Crippen molar-refractivity contribution in [3.63, 3.8) is 0 Å². The minimum atomic E-state index is 0.234.